The van der Waals surface area contributed by atoms with E-state index in [0.717, 1.165) is 49.9 Å². The van der Waals surface area contributed by atoms with Crippen LogP contribution in [0.4, 0.5) is 4.79 Å². The highest BCUT2D eigenvalue weighted by Crippen LogP contribution is 2.19. The van der Waals surface area contributed by atoms with Gasteiger partial charge in [-0.05, 0) is 76.7 Å². The molecule has 0 saturated carbocycles. The summed E-state index contributed by atoms with van der Waals surface area (Å²) in [5, 5.41) is 3.56. The highest BCUT2D eigenvalue weighted by Gasteiger charge is 2.26. The van der Waals surface area contributed by atoms with Gasteiger partial charge < -0.3 is 15.0 Å². The average Bonchev–Trinajstić information content (AvgIpc) is 2.50. The number of halogens is 1. The molecule has 4 nitrogen and oxygen atoms in total. The van der Waals surface area contributed by atoms with E-state index < -0.39 is 5.60 Å². The molecule has 0 aliphatic carbocycles. The molecule has 5 heteroatoms. The number of rotatable bonds is 5. The highest BCUT2D eigenvalue weighted by molar-refractivity contribution is 9.10. The monoisotopic (exact) mass is 396 g/mol. The quantitative estimate of drug-likeness (QED) is 0.757. The Bertz CT molecular complexity index is 534. The Morgan fingerprint density at radius 3 is 2.67 bits per heavy atom. The van der Waals surface area contributed by atoms with E-state index >= 15 is 0 Å². The first-order valence-corrected chi connectivity index (χ1v) is 9.56. The minimum atomic E-state index is -0.415. The van der Waals surface area contributed by atoms with Crippen molar-refractivity contribution in [1.82, 2.24) is 10.2 Å². The van der Waals surface area contributed by atoms with E-state index in [0.29, 0.717) is 5.92 Å². The van der Waals surface area contributed by atoms with Crippen LogP contribution < -0.4 is 5.32 Å². The number of carbonyl (C=O) groups excluding carboxylic acids is 1. The fourth-order valence-corrected chi connectivity index (χ4v) is 3.32. The third-order valence-corrected chi connectivity index (χ3v) is 4.67. The van der Waals surface area contributed by atoms with Crippen molar-refractivity contribution < 1.29 is 9.53 Å². The Kier molecular flexibility index (Phi) is 7.11. The molecule has 134 valence electrons. The molecule has 1 amide bonds. The molecule has 1 fully saturated rings. The van der Waals surface area contributed by atoms with Crippen molar-refractivity contribution in [2.75, 3.05) is 26.2 Å². The number of carbonyl (C=O) groups is 1. The first-order chi connectivity index (χ1) is 11.3. The maximum Gasteiger partial charge on any atom is 0.410 e. The van der Waals surface area contributed by atoms with Gasteiger partial charge in [0.15, 0.2) is 0 Å². The standard InChI is InChI=1S/C19H29BrN2O2/c1-19(2,3)24-18(23)22-11-8-16(9-12-22)14-21-10-7-15-5-4-6-17(20)13-15/h4-6,13,16,21H,7-12,14H2,1-3H3. The molecule has 0 spiro atoms. The lowest BCUT2D eigenvalue weighted by Gasteiger charge is -2.33. The van der Waals surface area contributed by atoms with Crippen LogP contribution in [0.15, 0.2) is 28.7 Å². The second-order valence-corrected chi connectivity index (χ2v) is 8.41. The summed E-state index contributed by atoms with van der Waals surface area (Å²) in [5.41, 5.74) is 0.929. The molecule has 1 saturated heterocycles. The zero-order chi connectivity index (χ0) is 17.6. The van der Waals surface area contributed by atoms with Crippen molar-refractivity contribution in [1.29, 1.82) is 0 Å². The molecule has 24 heavy (non-hydrogen) atoms. The van der Waals surface area contributed by atoms with E-state index in [1.54, 1.807) is 0 Å². The van der Waals surface area contributed by atoms with Crippen LogP contribution in [0.2, 0.25) is 0 Å². The molecule has 0 bridgehead atoms. The Labute approximate surface area is 154 Å². The fourth-order valence-electron chi connectivity index (χ4n) is 2.88. The maximum absolute atomic E-state index is 12.0. The van der Waals surface area contributed by atoms with E-state index in [1.165, 1.54) is 5.56 Å². The molecule has 1 aromatic rings. The van der Waals surface area contributed by atoms with Gasteiger partial charge >= 0.3 is 6.09 Å². The number of amides is 1. The van der Waals surface area contributed by atoms with Crippen molar-refractivity contribution in [3.05, 3.63) is 34.3 Å². The molecular formula is C19H29BrN2O2. The first-order valence-electron chi connectivity index (χ1n) is 8.76. The molecule has 1 aliphatic heterocycles. The van der Waals surface area contributed by atoms with E-state index in [2.05, 4.69) is 45.5 Å². The van der Waals surface area contributed by atoms with Crippen LogP contribution in [-0.4, -0.2) is 42.8 Å². The van der Waals surface area contributed by atoms with Gasteiger partial charge in [-0.2, -0.15) is 0 Å². The molecule has 0 unspecified atom stereocenters. The number of piperidine rings is 1. The molecule has 0 atom stereocenters. The third-order valence-electron chi connectivity index (χ3n) is 4.18. The van der Waals surface area contributed by atoms with Gasteiger partial charge in [0, 0.05) is 17.6 Å². The second kappa shape index (κ2) is 8.86. The third kappa shape index (κ3) is 6.81. The van der Waals surface area contributed by atoms with Gasteiger partial charge in [0.25, 0.3) is 0 Å². The average molecular weight is 397 g/mol. The predicted octanol–water partition coefficient (Wildman–Crippen LogP) is 4.23. The van der Waals surface area contributed by atoms with Gasteiger partial charge in [0.2, 0.25) is 0 Å². The van der Waals surface area contributed by atoms with E-state index in [9.17, 15) is 4.79 Å². The Hall–Kier alpha value is -1.07. The molecule has 2 rings (SSSR count). The van der Waals surface area contributed by atoms with Crippen LogP contribution in [0.3, 0.4) is 0 Å². The largest absolute Gasteiger partial charge is 0.444 e. The van der Waals surface area contributed by atoms with Crippen LogP contribution in [0, 0.1) is 5.92 Å². The molecule has 1 aliphatic rings. The summed E-state index contributed by atoms with van der Waals surface area (Å²) in [4.78, 5) is 13.9. The van der Waals surface area contributed by atoms with Crippen molar-refractivity contribution in [3.8, 4) is 0 Å². The molecule has 1 N–H and O–H groups in total. The SMILES string of the molecule is CC(C)(C)OC(=O)N1CCC(CNCCc2cccc(Br)c2)CC1. The summed E-state index contributed by atoms with van der Waals surface area (Å²) < 4.78 is 6.57. The maximum atomic E-state index is 12.0. The van der Waals surface area contributed by atoms with Crippen LogP contribution >= 0.6 is 15.9 Å². The first kappa shape index (κ1) is 19.3. The summed E-state index contributed by atoms with van der Waals surface area (Å²) in [6.45, 7) is 9.34. The van der Waals surface area contributed by atoms with Gasteiger partial charge in [0.1, 0.15) is 5.60 Å². The number of nitrogens with one attached hydrogen (secondary N) is 1. The van der Waals surface area contributed by atoms with Gasteiger partial charge in [-0.1, -0.05) is 28.1 Å². The second-order valence-electron chi connectivity index (χ2n) is 7.49. The topological polar surface area (TPSA) is 41.6 Å². The Morgan fingerprint density at radius 1 is 1.33 bits per heavy atom. The number of hydrogen-bond acceptors (Lipinski definition) is 3. The fraction of sp³-hybridized carbons (Fsp3) is 0.632. The normalized spacial score (nSPS) is 16.2. The number of ether oxygens (including phenoxy) is 1. The molecule has 0 aromatic heterocycles. The number of benzene rings is 1. The Balaban J connectivity index is 1.62. The smallest absolute Gasteiger partial charge is 0.410 e. The van der Waals surface area contributed by atoms with E-state index in [1.807, 2.05) is 25.7 Å². The lowest BCUT2D eigenvalue weighted by Crippen LogP contribution is -2.43. The zero-order valence-electron chi connectivity index (χ0n) is 15.0. The zero-order valence-corrected chi connectivity index (χ0v) is 16.6. The summed E-state index contributed by atoms with van der Waals surface area (Å²) in [6, 6.07) is 8.45. The summed E-state index contributed by atoms with van der Waals surface area (Å²) in [7, 11) is 0. The molecule has 0 radical (unpaired) electrons. The number of nitrogens with zero attached hydrogens (tertiary/aromatic N) is 1. The van der Waals surface area contributed by atoms with Crippen LogP contribution in [0.5, 0.6) is 0 Å². The Morgan fingerprint density at radius 2 is 2.04 bits per heavy atom. The summed E-state index contributed by atoms with van der Waals surface area (Å²) in [5.74, 6) is 0.645. The summed E-state index contributed by atoms with van der Waals surface area (Å²) >= 11 is 3.51. The van der Waals surface area contributed by atoms with E-state index in [4.69, 9.17) is 4.74 Å². The van der Waals surface area contributed by atoms with Crippen molar-refractivity contribution >= 4 is 22.0 Å². The van der Waals surface area contributed by atoms with Crippen molar-refractivity contribution in [2.24, 2.45) is 5.92 Å². The minimum Gasteiger partial charge on any atom is -0.444 e. The van der Waals surface area contributed by atoms with E-state index in [-0.39, 0.29) is 6.09 Å². The number of likely N-dealkylation sites (tertiary alicyclic amines) is 1. The van der Waals surface area contributed by atoms with Gasteiger partial charge in [0.05, 0.1) is 0 Å². The van der Waals surface area contributed by atoms with Crippen LogP contribution in [0.25, 0.3) is 0 Å². The predicted molar refractivity (Wildman–Crippen MR) is 101 cm³/mol. The van der Waals surface area contributed by atoms with Crippen LogP contribution in [0.1, 0.15) is 39.2 Å². The number of hydrogen-bond donors (Lipinski definition) is 1. The lowest BCUT2D eigenvalue weighted by molar-refractivity contribution is 0.0184. The lowest BCUT2D eigenvalue weighted by atomic mass is 9.97. The molecular weight excluding hydrogens is 368 g/mol. The van der Waals surface area contributed by atoms with Gasteiger partial charge in [-0.25, -0.2) is 4.79 Å². The summed E-state index contributed by atoms with van der Waals surface area (Å²) in [6.07, 6.45) is 2.95. The van der Waals surface area contributed by atoms with Crippen molar-refractivity contribution in [3.63, 3.8) is 0 Å². The van der Waals surface area contributed by atoms with Gasteiger partial charge in [-0.3, -0.25) is 0 Å². The van der Waals surface area contributed by atoms with Crippen molar-refractivity contribution in [2.45, 2.75) is 45.6 Å². The van der Waals surface area contributed by atoms with Crippen LogP contribution in [-0.2, 0) is 11.2 Å². The minimum absolute atomic E-state index is 0.177. The van der Waals surface area contributed by atoms with Gasteiger partial charge in [-0.15, -0.1) is 0 Å². The highest BCUT2D eigenvalue weighted by atomic mass is 79.9. The molecule has 1 heterocycles. The molecule has 1 aromatic carbocycles.